The fourth-order valence-electron chi connectivity index (χ4n) is 8.38. The van der Waals surface area contributed by atoms with Crippen LogP contribution in [0.4, 0.5) is 0 Å². The molecular formula is C65H112O6. The number of carbonyl (C=O) groups excluding carboxylic acids is 3. The Morgan fingerprint density at radius 1 is 0.296 bits per heavy atom. The van der Waals surface area contributed by atoms with E-state index in [2.05, 4.69) is 106 Å². The molecule has 1 unspecified atom stereocenters. The molecule has 0 radical (unpaired) electrons. The van der Waals surface area contributed by atoms with Gasteiger partial charge in [0.25, 0.3) is 0 Å². The maximum atomic E-state index is 12.9. The smallest absolute Gasteiger partial charge is 0.306 e. The van der Waals surface area contributed by atoms with E-state index in [0.29, 0.717) is 19.3 Å². The molecule has 0 bridgehead atoms. The maximum Gasteiger partial charge on any atom is 0.306 e. The van der Waals surface area contributed by atoms with Crippen LogP contribution in [0.1, 0.15) is 290 Å². The van der Waals surface area contributed by atoms with Crippen LogP contribution in [0.15, 0.2) is 85.1 Å². The molecule has 71 heavy (non-hydrogen) atoms. The summed E-state index contributed by atoms with van der Waals surface area (Å²) >= 11 is 0. The summed E-state index contributed by atoms with van der Waals surface area (Å²) in [7, 11) is 0. The van der Waals surface area contributed by atoms with E-state index in [1.165, 1.54) is 116 Å². The van der Waals surface area contributed by atoms with Gasteiger partial charge in [0.05, 0.1) is 0 Å². The largest absolute Gasteiger partial charge is 0.462 e. The van der Waals surface area contributed by atoms with Crippen molar-refractivity contribution < 1.29 is 28.6 Å². The van der Waals surface area contributed by atoms with Crippen molar-refractivity contribution in [3.63, 3.8) is 0 Å². The molecular weight excluding hydrogens is 877 g/mol. The molecule has 0 saturated carbocycles. The van der Waals surface area contributed by atoms with Crippen molar-refractivity contribution in [1.29, 1.82) is 0 Å². The van der Waals surface area contributed by atoms with Crippen LogP contribution >= 0.6 is 0 Å². The van der Waals surface area contributed by atoms with E-state index in [9.17, 15) is 14.4 Å². The Morgan fingerprint density at radius 3 is 0.873 bits per heavy atom. The number of hydrogen-bond acceptors (Lipinski definition) is 6. The first-order valence-corrected chi connectivity index (χ1v) is 30.1. The summed E-state index contributed by atoms with van der Waals surface area (Å²) in [6.07, 6.45) is 77.1. The third-order valence-electron chi connectivity index (χ3n) is 12.9. The average Bonchev–Trinajstić information content (AvgIpc) is 3.37. The van der Waals surface area contributed by atoms with Gasteiger partial charge in [-0.15, -0.1) is 0 Å². The van der Waals surface area contributed by atoms with Gasteiger partial charge in [-0.3, -0.25) is 14.4 Å². The lowest BCUT2D eigenvalue weighted by molar-refractivity contribution is -0.167. The minimum Gasteiger partial charge on any atom is -0.462 e. The van der Waals surface area contributed by atoms with E-state index in [1.54, 1.807) is 0 Å². The van der Waals surface area contributed by atoms with Gasteiger partial charge in [-0.05, 0) is 96.3 Å². The van der Waals surface area contributed by atoms with Crippen LogP contribution < -0.4 is 0 Å². The molecule has 0 rings (SSSR count). The lowest BCUT2D eigenvalue weighted by Crippen LogP contribution is -2.30. The molecule has 408 valence electrons. The van der Waals surface area contributed by atoms with Gasteiger partial charge in [0.1, 0.15) is 13.2 Å². The van der Waals surface area contributed by atoms with Gasteiger partial charge in [-0.1, -0.05) is 260 Å². The van der Waals surface area contributed by atoms with E-state index in [4.69, 9.17) is 14.2 Å². The zero-order valence-electron chi connectivity index (χ0n) is 46.7. The van der Waals surface area contributed by atoms with Gasteiger partial charge < -0.3 is 14.2 Å². The van der Waals surface area contributed by atoms with Crippen LogP contribution in [-0.4, -0.2) is 37.2 Å². The maximum absolute atomic E-state index is 12.9. The molecule has 6 heteroatoms. The molecule has 0 aromatic heterocycles. The van der Waals surface area contributed by atoms with Crippen molar-refractivity contribution in [2.24, 2.45) is 0 Å². The molecule has 0 aromatic rings. The van der Waals surface area contributed by atoms with E-state index < -0.39 is 6.10 Å². The van der Waals surface area contributed by atoms with E-state index in [-0.39, 0.29) is 31.1 Å². The van der Waals surface area contributed by atoms with Crippen molar-refractivity contribution in [2.45, 2.75) is 297 Å². The summed E-state index contributed by atoms with van der Waals surface area (Å²) in [5, 5.41) is 0. The van der Waals surface area contributed by atoms with Crippen LogP contribution in [0.5, 0.6) is 0 Å². The zero-order chi connectivity index (χ0) is 51.4. The van der Waals surface area contributed by atoms with Gasteiger partial charge in [-0.25, -0.2) is 0 Å². The summed E-state index contributed by atoms with van der Waals surface area (Å²) in [6, 6.07) is 0. The van der Waals surface area contributed by atoms with E-state index in [0.717, 1.165) is 135 Å². The topological polar surface area (TPSA) is 78.9 Å². The first-order valence-electron chi connectivity index (χ1n) is 30.1. The van der Waals surface area contributed by atoms with Crippen LogP contribution in [0.2, 0.25) is 0 Å². The zero-order valence-corrected chi connectivity index (χ0v) is 46.7. The van der Waals surface area contributed by atoms with E-state index >= 15 is 0 Å². The number of unbranched alkanes of at least 4 members (excludes halogenated alkanes) is 29. The second kappa shape index (κ2) is 59.2. The second-order valence-corrected chi connectivity index (χ2v) is 19.9. The summed E-state index contributed by atoms with van der Waals surface area (Å²) in [4.78, 5) is 38.2. The Balaban J connectivity index is 4.42. The molecule has 0 amide bonds. The van der Waals surface area contributed by atoms with Crippen LogP contribution in [0.25, 0.3) is 0 Å². The van der Waals surface area contributed by atoms with Crippen LogP contribution in [0, 0.1) is 0 Å². The van der Waals surface area contributed by atoms with Crippen LogP contribution in [0.3, 0.4) is 0 Å². The van der Waals surface area contributed by atoms with Crippen molar-refractivity contribution in [3.8, 4) is 0 Å². The molecule has 0 spiro atoms. The molecule has 1 atom stereocenters. The SMILES string of the molecule is CC/C=C\C/C=C\C/C=C\C/C=C\C/C=C\CCCCCCCC(=O)OCC(COC(=O)CCCCCCCCCCCCCCCCCC)OC(=O)CCCCCCC/C=C\C/C=C\CCCCCC. The molecule has 0 heterocycles. The highest BCUT2D eigenvalue weighted by Crippen LogP contribution is 2.16. The molecule has 0 aliphatic rings. The predicted molar refractivity (Wildman–Crippen MR) is 307 cm³/mol. The minimum absolute atomic E-state index is 0.0864. The first kappa shape index (κ1) is 67.6. The van der Waals surface area contributed by atoms with Gasteiger partial charge in [0, 0.05) is 19.3 Å². The first-order chi connectivity index (χ1) is 35.0. The fraction of sp³-hybridized carbons (Fsp3) is 0.738. The molecule has 0 saturated heterocycles. The van der Waals surface area contributed by atoms with Crippen LogP contribution in [-0.2, 0) is 28.6 Å². The van der Waals surface area contributed by atoms with Crippen molar-refractivity contribution in [1.82, 2.24) is 0 Å². The lowest BCUT2D eigenvalue weighted by Gasteiger charge is -2.18. The van der Waals surface area contributed by atoms with Gasteiger partial charge in [-0.2, -0.15) is 0 Å². The number of rotatable bonds is 54. The third kappa shape index (κ3) is 57.4. The fourth-order valence-corrected chi connectivity index (χ4v) is 8.38. The number of esters is 3. The molecule has 0 aliphatic carbocycles. The third-order valence-corrected chi connectivity index (χ3v) is 12.9. The normalized spacial score (nSPS) is 12.7. The summed E-state index contributed by atoms with van der Waals surface area (Å²) in [5.41, 5.74) is 0. The molecule has 0 aliphatic heterocycles. The van der Waals surface area contributed by atoms with Gasteiger partial charge in [0.2, 0.25) is 0 Å². The molecule has 0 aromatic carbocycles. The quantitative estimate of drug-likeness (QED) is 0.0261. The summed E-state index contributed by atoms with van der Waals surface area (Å²) < 4.78 is 16.9. The van der Waals surface area contributed by atoms with Crippen molar-refractivity contribution in [3.05, 3.63) is 85.1 Å². The Morgan fingerprint density at radius 2 is 0.549 bits per heavy atom. The Bertz CT molecular complexity index is 1370. The van der Waals surface area contributed by atoms with Crippen molar-refractivity contribution >= 4 is 17.9 Å². The number of hydrogen-bond donors (Lipinski definition) is 0. The number of ether oxygens (including phenoxy) is 3. The standard InChI is InChI=1S/C65H112O6/c1-4-7-10-13-16-19-22-25-28-31-32-33-34-35-38-40-43-46-49-52-55-58-64(67)70-61-62(71-65(68)59-56-53-50-47-44-41-37-30-27-24-21-18-15-12-9-6-3)60-69-63(66)57-54-51-48-45-42-39-36-29-26-23-20-17-14-11-8-5-2/h7,10,16,19,21,24-25,28,30,32-33,35,37-38,62H,4-6,8-9,11-15,17-18,20,22-23,26-27,29,31,34,36,39-61H2,1-3H3/b10-7-,19-16-,24-21-,28-25-,33-32-,37-30-,38-35-. The van der Waals surface area contributed by atoms with Gasteiger partial charge >= 0.3 is 17.9 Å². The Kier molecular flexibility index (Phi) is 56.3. The monoisotopic (exact) mass is 989 g/mol. The highest BCUT2D eigenvalue weighted by molar-refractivity contribution is 5.71. The molecule has 0 N–H and O–H groups in total. The van der Waals surface area contributed by atoms with Crippen molar-refractivity contribution in [2.75, 3.05) is 13.2 Å². The average molecular weight is 990 g/mol. The molecule has 6 nitrogen and oxygen atoms in total. The Hall–Kier alpha value is -3.41. The lowest BCUT2D eigenvalue weighted by atomic mass is 10.0. The minimum atomic E-state index is -0.792. The second-order valence-electron chi connectivity index (χ2n) is 19.9. The summed E-state index contributed by atoms with van der Waals surface area (Å²) in [6.45, 7) is 6.51. The number of allylic oxidation sites excluding steroid dienone is 14. The van der Waals surface area contributed by atoms with E-state index in [1.807, 2.05) is 0 Å². The molecule has 0 fully saturated rings. The number of carbonyl (C=O) groups is 3. The Labute approximate surface area is 439 Å². The summed E-state index contributed by atoms with van der Waals surface area (Å²) in [5.74, 6) is -0.910. The highest BCUT2D eigenvalue weighted by atomic mass is 16.6. The van der Waals surface area contributed by atoms with Gasteiger partial charge in [0.15, 0.2) is 6.10 Å². The predicted octanol–water partition coefficient (Wildman–Crippen LogP) is 20.3. The highest BCUT2D eigenvalue weighted by Gasteiger charge is 2.19.